The van der Waals surface area contributed by atoms with Gasteiger partial charge in [0.15, 0.2) is 11.6 Å². The van der Waals surface area contributed by atoms with Crippen LogP contribution < -0.4 is 5.73 Å². The third kappa shape index (κ3) is 1.96. The van der Waals surface area contributed by atoms with Crippen LogP contribution in [0.2, 0.25) is 5.02 Å². The Labute approximate surface area is 119 Å². The zero-order valence-electron chi connectivity index (χ0n) is 10.6. The lowest BCUT2D eigenvalue weighted by Gasteiger charge is -2.06. The van der Waals surface area contributed by atoms with Crippen molar-refractivity contribution in [2.45, 2.75) is 6.92 Å². The highest BCUT2D eigenvalue weighted by molar-refractivity contribution is 6.33. The Kier molecular flexibility index (Phi) is 2.99. The fraction of sp³-hybridized carbons (Fsp3) is 0.0714. The number of nitrogens with zero attached hydrogens (tertiary/aromatic N) is 1. The molecule has 0 aliphatic rings. The molecule has 0 atom stereocenters. The number of nitrogens with two attached hydrogens (primary N) is 1. The first-order valence-electron chi connectivity index (χ1n) is 5.91. The van der Waals surface area contributed by atoms with Crippen molar-refractivity contribution in [3.8, 4) is 22.6 Å². The minimum atomic E-state index is -0.406. The molecule has 0 bridgehead atoms. The summed E-state index contributed by atoms with van der Waals surface area (Å²) >= 11 is 6.10. The summed E-state index contributed by atoms with van der Waals surface area (Å²) in [5, 5.41) is 7.10. The predicted molar refractivity (Wildman–Crippen MR) is 75.8 cm³/mol. The number of aromatic amines is 1. The fourth-order valence-electron chi connectivity index (χ4n) is 2.11. The summed E-state index contributed by atoms with van der Waals surface area (Å²) in [6.45, 7) is 1.91. The van der Waals surface area contributed by atoms with Gasteiger partial charge in [-0.1, -0.05) is 11.6 Å². The molecule has 0 saturated carbocycles. The van der Waals surface area contributed by atoms with Gasteiger partial charge in [0.1, 0.15) is 11.5 Å². The van der Waals surface area contributed by atoms with E-state index in [1.807, 2.05) is 13.0 Å². The first kappa shape index (κ1) is 12.7. The summed E-state index contributed by atoms with van der Waals surface area (Å²) in [6, 6.07) is 5.97. The van der Waals surface area contributed by atoms with Gasteiger partial charge in [-0.25, -0.2) is 4.39 Å². The zero-order chi connectivity index (χ0) is 14.3. The third-order valence-electron chi connectivity index (χ3n) is 3.08. The molecule has 20 heavy (non-hydrogen) atoms. The number of benzene rings is 1. The van der Waals surface area contributed by atoms with Crippen LogP contribution in [0.5, 0.6) is 0 Å². The topological polar surface area (TPSA) is 67.8 Å². The van der Waals surface area contributed by atoms with E-state index in [1.165, 1.54) is 12.1 Å². The summed E-state index contributed by atoms with van der Waals surface area (Å²) in [4.78, 5) is 0. The van der Waals surface area contributed by atoms with Crippen molar-refractivity contribution in [1.82, 2.24) is 10.2 Å². The van der Waals surface area contributed by atoms with Gasteiger partial charge in [0, 0.05) is 5.56 Å². The van der Waals surface area contributed by atoms with Gasteiger partial charge in [-0.3, -0.25) is 5.10 Å². The number of furan rings is 1. The SMILES string of the molecule is Cc1ccoc1-c1[nH]nc(N)c1-c1ccc(F)cc1Cl. The van der Waals surface area contributed by atoms with E-state index in [2.05, 4.69) is 10.2 Å². The summed E-state index contributed by atoms with van der Waals surface area (Å²) in [6.07, 6.45) is 1.58. The molecule has 0 fully saturated rings. The van der Waals surface area contributed by atoms with Crippen LogP contribution in [0.1, 0.15) is 5.56 Å². The lowest BCUT2D eigenvalue weighted by molar-refractivity contribution is 0.578. The number of rotatable bonds is 2. The van der Waals surface area contributed by atoms with Gasteiger partial charge in [-0.05, 0) is 36.8 Å². The van der Waals surface area contributed by atoms with Gasteiger partial charge in [0.05, 0.1) is 16.8 Å². The van der Waals surface area contributed by atoms with Gasteiger partial charge < -0.3 is 10.2 Å². The molecule has 3 rings (SSSR count). The summed E-state index contributed by atoms with van der Waals surface area (Å²) in [5.41, 5.74) is 8.67. The molecule has 2 aromatic heterocycles. The largest absolute Gasteiger partial charge is 0.462 e. The molecule has 0 amide bonds. The average Bonchev–Trinajstić information content (AvgIpc) is 2.96. The fourth-order valence-corrected chi connectivity index (χ4v) is 2.38. The first-order chi connectivity index (χ1) is 9.58. The van der Waals surface area contributed by atoms with Crippen LogP contribution in [0.15, 0.2) is 34.9 Å². The van der Waals surface area contributed by atoms with Gasteiger partial charge in [0.2, 0.25) is 0 Å². The molecule has 3 N–H and O–H groups in total. The van der Waals surface area contributed by atoms with Crippen molar-refractivity contribution in [1.29, 1.82) is 0 Å². The Hall–Kier alpha value is -2.27. The maximum atomic E-state index is 13.2. The molecule has 1 aromatic carbocycles. The second-order valence-electron chi connectivity index (χ2n) is 4.42. The summed E-state index contributed by atoms with van der Waals surface area (Å²) in [7, 11) is 0. The molecule has 3 aromatic rings. The molecule has 6 heteroatoms. The summed E-state index contributed by atoms with van der Waals surface area (Å²) < 4.78 is 18.6. The highest BCUT2D eigenvalue weighted by Crippen LogP contribution is 2.39. The average molecular weight is 292 g/mol. The highest BCUT2D eigenvalue weighted by atomic mass is 35.5. The summed E-state index contributed by atoms with van der Waals surface area (Å²) in [5.74, 6) is 0.505. The van der Waals surface area contributed by atoms with Crippen LogP contribution in [-0.4, -0.2) is 10.2 Å². The van der Waals surface area contributed by atoms with Crippen molar-refractivity contribution >= 4 is 17.4 Å². The maximum absolute atomic E-state index is 13.2. The monoisotopic (exact) mass is 291 g/mol. The lowest BCUT2D eigenvalue weighted by atomic mass is 10.0. The van der Waals surface area contributed by atoms with Crippen molar-refractivity contribution in [2.75, 3.05) is 5.73 Å². The van der Waals surface area contributed by atoms with E-state index in [0.717, 1.165) is 5.56 Å². The van der Waals surface area contributed by atoms with Crippen LogP contribution >= 0.6 is 11.6 Å². The van der Waals surface area contributed by atoms with E-state index in [9.17, 15) is 4.39 Å². The Balaban J connectivity index is 2.24. The molecule has 0 spiro atoms. The molecule has 0 radical (unpaired) electrons. The number of hydrogen-bond acceptors (Lipinski definition) is 3. The van der Waals surface area contributed by atoms with Crippen molar-refractivity contribution in [2.24, 2.45) is 0 Å². The minimum Gasteiger partial charge on any atom is -0.462 e. The van der Waals surface area contributed by atoms with Crippen LogP contribution in [0.3, 0.4) is 0 Å². The van der Waals surface area contributed by atoms with Crippen LogP contribution in [0.4, 0.5) is 10.2 Å². The van der Waals surface area contributed by atoms with E-state index in [0.29, 0.717) is 22.6 Å². The molecule has 0 aliphatic carbocycles. The van der Waals surface area contributed by atoms with Gasteiger partial charge >= 0.3 is 0 Å². The number of halogens is 2. The van der Waals surface area contributed by atoms with E-state index in [-0.39, 0.29) is 10.8 Å². The predicted octanol–water partition coefficient (Wildman–Crippen LogP) is 4.02. The normalized spacial score (nSPS) is 10.9. The molecular formula is C14H11ClFN3O. The Morgan fingerprint density at radius 2 is 2.15 bits per heavy atom. The number of nitrogen functional groups attached to an aromatic ring is 1. The minimum absolute atomic E-state index is 0.267. The highest BCUT2D eigenvalue weighted by Gasteiger charge is 2.20. The number of anilines is 1. The second-order valence-corrected chi connectivity index (χ2v) is 4.82. The number of hydrogen-bond donors (Lipinski definition) is 2. The second kappa shape index (κ2) is 4.68. The Bertz CT molecular complexity index is 779. The van der Waals surface area contributed by atoms with Crippen molar-refractivity contribution in [3.05, 3.63) is 46.9 Å². The maximum Gasteiger partial charge on any atom is 0.155 e. The Morgan fingerprint density at radius 1 is 1.35 bits per heavy atom. The number of aryl methyl sites for hydroxylation is 1. The van der Waals surface area contributed by atoms with E-state index in [4.69, 9.17) is 21.8 Å². The van der Waals surface area contributed by atoms with Crippen molar-refractivity contribution in [3.63, 3.8) is 0 Å². The van der Waals surface area contributed by atoms with Crippen LogP contribution in [-0.2, 0) is 0 Å². The molecule has 102 valence electrons. The molecule has 0 aliphatic heterocycles. The molecule has 2 heterocycles. The van der Waals surface area contributed by atoms with Gasteiger partial charge in [0.25, 0.3) is 0 Å². The smallest absolute Gasteiger partial charge is 0.155 e. The third-order valence-corrected chi connectivity index (χ3v) is 3.40. The van der Waals surface area contributed by atoms with Crippen LogP contribution in [0, 0.1) is 12.7 Å². The van der Waals surface area contributed by atoms with Crippen LogP contribution in [0.25, 0.3) is 22.6 Å². The van der Waals surface area contributed by atoms with E-state index >= 15 is 0 Å². The van der Waals surface area contributed by atoms with E-state index < -0.39 is 5.82 Å². The number of aromatic nitrogens is 2. The van der Waals surface area contributed by atoms with Gasteiger partial charge in [-0.2, -0.15) is 5.10 Å². The van der Waals surface area contributed by atoms with Gasteiger partial charge in [-0.15, -0.1) is 0 Å². The molecule has 0 saturated heterocycles. The molecule has 4 nitrogen and oxygen atoms in total. The zero-order valence-corrected chi connectivity index (χ0v) is 11.3. The first-order valence-corrected chi connectivity index (χ1v) is 6.29. The molecule has 0 unspecified atom stereocenters. The standard InChI is InChI=1S/C14H11ClFN3O/c1-7-4-5-20-13(7)12-11(14(17)19-18-12)9-3-2-8(16)6-10(9)15/h2-6H,1H3,(H3,17,18,19). The number of nitrogens with one attached hydrogen (secondary N) is 1. The Morgan fingerprint density at radius 3 is 2.80 bits per heavy atom. The quantitative estimate of drug-likeness (QED) is 0.749. The molecular weight excluding hydrogens is 281 g/mol. The number of H-pyrrole nitrogens is 1. The van der Waals surface area contributed by atoms with Crippen molar-refractivity contribution < 1.29 is 8.81 Å². The van der Waals surface area contributed by atoms with E-state index in [1.54, 1.807) is 12.3 Å². The lowest BCUT2D eigenvalue weighted by Crippen LogP contribution is -1.90.